The van der Waals surface area contributed by atoms with Crippen LogP contribution in [0.5, 0.6) is 17.2 Å². The van der Waals surface area contributed by atoms with Gasteiger partial charge in [0.25, 0.3) is 0 Å². The zero-order valence-corrected chi connectivity index (χ0v) is 16.2. The summed E-state index contributed by atoms with van der Waals surface area (Å²) in [5.74, 6) is 1.79. The fourth-order valence-corrected chi connectivity index (χ4v) is 2.66. The lowest BCUT2D eigenvalue weighted by atomic mass is 10.1. The minimum Gasteiger partial charge on any atom is -0.497 e. The monoisotopic (exact) mass is 381 g/mol. The van der Waals surface area contributed by atoms with Gasteiger partial charge in [-0.1, -0.05) is 13.3 Å². The van der Waals surface area contributed by atoms with Gasteiger partial charge >= 0.3 is 5.97 Å². The van der Waals surface area contributed by atoms with Gasteiger partial charge in [0.15, 0.2) is 5.70 Å². The normalized spacial score (nSPS) is 14.6. The molecule has 0 aliphatic carbocycles. The van der Waals surface area contributed by atoms with Crippen molar-refractivity contribution in [3.8, 4) is 17.2 Å². The standard InChI is InChI=1S/C22H23NO5/c1-4-5-12-27-17-8-6-15(7-9-17)21-23-19(22(24)28-21)14-16-13-18(25-2)10-11-20(16)26-3/h6-11,13-14H,4-5,12H2,1-3H3/b19-14+. The van der Waals surface area contributed by atoms with Crippen molar-refractivity contribution in [3.63, 3.8) is 0 Å². The third-order valence-corrected chi connectivity index (χ3v) is 4.22. The van der Waals surface area contributed by atoms with Crippen LogP contribution in [-0.4, -0.2) is 32.7 Å². The first-order valence-corrected chi connectivity index (χ1v) is 9.12. The van der Waals surface area contributed by atoms with E-state index in [1.54, 1.807) is 38.5 Å². The van der Waals surface area contributed by atoms with Crippen LogP contribution >= 0.6 is 0 Å². The van der Waals surface area contributed by atoms with Gasteiger partial charge in [0, 0.05) is 11.1 Å². The Bertz CT molecular complexity index is 900. The first kappa shape index (κ1) is 19.5. The summed E-state index contributed by atoms with van der Waals surface area (Å²) in [6.07, 6.45) is 3.71. The maximum Gasteiger partial charge on any atom is 0.363 e. The van der Waals surface area contributed by atoms with E-state index in [2.05, 4.69) is 11.9 Å². The van der Waals surface area contributed by atoms with Crippen molar-refractivity contribution < 1.29 is 23.7 Å². The van der Waals surface area contributed by atoms with Gasteiger partial charge in [0.2, 0.25) is 5.90 Å². The van der Waals surface area contributed by atoms with Crippen molar-refractivity contribution in [2.75, 3.05) is 20.8 Å². The minimum absolute atomic E-state index is 0.199. The maximum atomic E-state index is 12.3. The Hall–Kier alpha value is -3.28. The molecule has 6 nitrogen and oxygen atoms in total. The molecular formula is C22H23NO5. The van der Waals surface area contributed by atoms with Gasteiger partial charge in [-0.15, -0.1) is 0 Å². The zero-order valence-electron chi connectivity index (χ0n) is 16.2. The van der Waals surface area contributed by atoms with E-state index in [1.165, 1.54) is 0 Å². The van der Waals surface area contributed by atoms with Gasteiger partial charge in [-0.05, 0) is 55.0 Å². The second-order valence-electron chi connectivity index (χ2n) is 6.17. The van der Waals surface area contributed by atoms with Crippen LogP contribution in [0.15, 0.2) is 53.2 Å². The highest BCUT2D eigenvalue weighted by molar-refractivity contribution is 6.13. The smallest absolute Gasteiger partial charge is 0.363 e. The van der Waals surface area contributed by atoms with Crippen LogP contribution in [0.4, 0.5) is 0 Å². The number of esters is 1. The van der Waals surface area contributed by atoms with E-state index in [0.717, 1.165) is 18.6 Å². The number of methoxy groups -OCH3 is 2. The number of unbranched alkanes of at least 4 members (excludes halogenated alkanes) is 1. The summed E-state index contributed by atoms with van der Waals surface area (Å²) in [5, 5.41) is 0. The Kier molecular flexibility index (Phi) is 6.32. The summed E-state index contributed by atoms with van der Waals surface area (Å²) in [6.45, 7) is 2.80. The summed E-state index contributed by atoms with van der Waals surface area (Å²) in [4.78, 5) is 16.6. The van der Waals surface area contributed by atoms with Crippen molar-refractivity contribution in [1.29, 1.82) is 0 Å². The number of cyclic esters (lactones) is 1. The summed E-state index contributed by atoms with van der Waals surface area (Å²) in [6, 6.07) is 12.7. The first-order chi connectivity index (χ1) is 13.6. The Morgan fingerprint density at radius 3 is 2.46 bits per heavy atom. The molecule has 0 bridgehead atoms. The van der Waals surface area contributed by atoms with Gasteiger partial charge in [0.05, 0.1) is 20.8 Å². The molecule has 1 heterocycles. The van der Waals surface area contributed by atoms with E-state index in [4.69, 9.17) is 18.9 Å². The lowest BCUT2D eigenvalue weighted by molar-refractivity contribution is -0.129. The summed E-state index contributed by atoms with van der Waals surface area (Å²) >= 11 is 0. The molecule has 0 spiro atoms. The van der Waals surface area contributed by atoms with Crippen LogP contribution < -0.4 is 14.2 Å². The van der Waals surface area contributed by atoms with Crippen LogP contribution in [-0.2, 0) is 9.53 Å². The molecule has 2 aromatic rings. The van der Waals surface area contributed by atoms with Crippen LogP contribution in [0.1, 0.15) is 30.9 Å². The second-order valence-corrected chi connectivity index (χ2v) is 6.17. The van der Waals surface area contributed by atoms with Gasteiger partial charge in [-0.25, -0.2) is 9.79 Å². The van der Waals surface area contributed by atoms with Crippen molar-refractivity contribution in [2.45, 2.75) is 19.8 Å². The molecular weight excluding hydrogens is 358 g/mol. The molecule has 0 unspecified atom stereocenters. The number of carbonyl (C=O) groups is 1. The predicted octanol–water partition coefficient (Wildman–Crippen LogP) is 4.23. The number of rotatable bonds is 8. The lowest BCUT2D eigenvalue weighted by Gasteiger charge is -2.07. The molecule has 3 rings (SSSR count). The molecule has 2 aromatic carbocycles. The molecule has 0 atom stereocenters. The van der Waals surface area contributed by atoms with Gasteiger partial charge in [-0.2, -0.15) is 0 Å². The fourth-order valence-electron chi connectivity index (χ4n) is 2.66. The zero-order chi connectivity index (χ0) is 19.9. The Balaban J connectivity index is 1.82. The molecule has 0 radical (unpaired) electrons. The fraction of sp³-hybridized carbons (Fsp3) is 0.273. The lowest BCUT2D eigenvalue weighted by Crippen LogP contribution is -2.05. The molecule has 146 valence electrons. The summed E-state index contributed by atoms with van der Waals surface area (Å²) in [5.41, 5.74) is 1.58. The van der Waals surface area contributed by atoms with Crippen LogP contribution in [0.3, 0.4) is 0 Å². The van der Waals surface area contributed by atoms with Crippen LogP contribution in [0.2, 0.25) is 0 Å². The number of carbonyl (C=O) groups excluding carboxylic acids is 1. The first-order valence-electron chi connectivity index (χ1n) is 9.12. The third kappa shape index (κ3) is 4.52. The SMILES string of the molecule is CCCCOc1ccc(C2=N/C(=C/c3cc(OC)ccc3OC)C(=O)O2)cc1. The number of hydrogen-bond donors (Lipinski definition) is 0. The van der Waals surface area contributed by atoms with E-state index in [-0.39, 0.29) is 11.6 Å². The maximum absolute atomic E-state index is 12.3. The summed E-state index contributed by atoms with van der Waals surface area (Å²) < 4.78 is 21.6. The number of hydrogen-bond acceptors (Lipinski definition) is 6. The molecule has 1 aliphatic heterocycles. The minimum atomic E-state index is -0.511. The van der Waals surface area contributed by atoms with E-state index >= 15 is 0 Å². The molecule has 0 saturated heterocycles. The van der Waals surface area contributed by atoms with E-state index in [1.807, 2.05) is 24.3 Å². The highest BCUT2D eigenvalue weighted by Crippen LogP contribution is 2.28. The van der Waals surface area contributed by atoms with Crippen LogP contribution in [0, 0.1) is 0 Å². The van der Waals surface area contributed by atoms with E-state index in [0.29, 0.717) is 29.2 Å². The summed E-state index contributed by atoms with van der Waals surface area (Å²) in [7, 11) is 3.14. The predicted molar refractivity (Wildman–Crippen MR) is 107 cm³/mol. The third-order valence-electron chi connectivity index (χ3n) is 4.22. The van der Waals surface area contributed by atoms with Crippen LogP contribution in [0.25, 0.3) is 6.08 Å². The van der Waals surface area contributed by atoms with E-state index < -0.39 is 5.97 Å². The van der Waals surface area contributed by atoms with Crippen molar-refractivity contribution >= 4 is 17.9 Å². The topological polar surface area (TPSA) is 66.3 Å². The highest BCUT2D eigenvalue weighted by Gasteiger charge is 2.24. The number of benzene rings is 2. The second kappa shape index (κ2) is 9.08. The van der Waals surface area contributed by atoms with E-state index in [9.17, 15) is 4.79 Å². The number of ether oxygens (including phenoxy) is 4. The number of nitrogens with zero attached hydrogens (tertiary/aromatic N) is 1. The quantitative estimate of drug-likeness (QED) is 0.389. The molecule has 0 aromatic heterocycles. The Morgan fingerprint density at radius 2 is 1.79 bits per heavy atom. The van der Waals surface area contributed by atoms with Gasteiger partial charge < -0.3 is 18.9 Å². The van der Waals surface area contributed by atoms with Crippen molar-refractivity contribution in [2.24, 2.45) is 4.99 Å². The average molecular weight is 381 g/mol. The average Bonchev–Trinajstić information content (AvgIpc) is 3.09. The molecule has 28 heavy (non-hydrogen) atoms. The molecule has 0 N–H and O–H groups in total. The Labute approximate surface area is 164 Å². The van der Waals surface area contributed by atoms with Crippen molar-refractivity contribution in [1.82, 2.24) is 0 Å². The van der Waals surface area contributed by atoms with Gasteiger partial charge in [-0.3, -0.25) is 0 Å². The molecule has 1 aliphatic rings. The number of aliphatic imine (C=N–C) groups is 1. The molecule has 0 saturated carbocycles. The molecule has 6 heteroatoms. The molecule has 0 fully saturated rings. The Morgan fingerprint density at radius 1 is 1.04 bits per heavy atom. The molecule has 0 amide bonds. The highest BCUT2D eigenvalue weighted by atomic mass is 16.6. The van der Waals surface area contributed by atoms with Gasteiger partial charge in [0.1, 0.15) is 17.2 Å². The largest absolute Gasteiger partial charge is 0.497 e. The van der Waals surface area contributed by atoms with Crippen molar-refractivity contribution in [3.05, 3.63) is 59.3 Å².